The van der Waals surface area contributed by atoms with Gasteiger partial charge in [-0.2, -0.15) is 0 Å². The highest BCUT2D eigenvalue weighted by Gasteiger charge is 2.53. The lowest BCUT2D eigenvalue weighted by molar-refractivity contribution is -0.364. The van der Waals surface area contributed by atoms with E-state index in [9.17, 15) is 20.4 Å². The molecule has 0 unspecified atom stereocenters. The molecule has 1 saturated heterocycles. The summed E-state index contributed by atoms with van der Waals surface area (Å²) in [5, 5.41) is 47.3. The predicted octanol–water partition coefficient (Wildman–Crippen LogP) is -2.20. The molecule has 0 aliphatic carbocycles. The van der Waals surface area contributed by atoms with E-state index in [0.29, 0.717) is 0 Å². The Balaban J connectivity index is 2.92. The molecule has 0 aromatic heterocycles. The first-order chi connectivity index (χ1) is 6.84. The number of hydrogen-bond donors (Lipinski definition) is 5. The minimum atomic E-state index is -1.95. The Hall–Kier alpha value is -0.240. The van der Waals surface area contributed by atoms with Crippen molar-refractivity contribution in [2.45, 2.75) is 44.1 Å². The van der Waals surface area contributed by atoms with Gasteiger partial charge in [0.15, 0.2) is 5.79 Å². The van der Waals surface area contributed by atoms with Crippen molar-refractivity contribution in [2.24, 2.45) is 5.92 Å². The number of aliphatic hydroxyl groups is 5. The van der Waals surface area contributed by atoms with Crippen LogP contribution in [0.3, 0.4) is 0 Å². The van der Waals surface area contributed by atoms with Crippen molar-refractivity contribution in [3.05, 3.63) is 0 Å². The van der Waals surface area contributed by atoms with Gasteiger partial charge in [0, 0.05) is 5.92 Å². The SMILES string of the molecule is CC(C)[C@]1(O)O[C@H](CO)[C@H](O)[C@H](O)[C@H]1O. The molecule has 0 bridgehead atoms. The van der Waals surface area contributed by atoms with Crippen molar-refractivity contribution < 1.29 is 30.3 Å². The Morgan fingerprint density at radius 1 is 1.20 bits per heavy atom. The maximum absolute atomic E-state index is 9.95. The fourth-order valence-corrected chi connectivity index (χ4v) is 1.66. The van der Waals surface area contributed by atoms with E-state index in [0.717, 1.165) is 0 Å². The second kappa shape index (κ2) is 4.32. The molecule has 1 heterocycles. The molecule has 0 radical (unpaired) electrons. The van der Waals surface area contributed by atoms with Crippen LogP contribution in [0.5, 0.6) is 0 Å². The van der Waals surface area contributed by atoms with Crippen molar-refractivity contribution >= 4 is 0 Å². The van der Waals surface area contributed by atoms with Gasteiger partial charge < -0.3 is 30.3 Å². The Morgan fingerprint density at radius 3 is 2.13 bits per heavy atom. The summed E-state index contributed by atoms with van der Waals surface area (Å²) in [6.45, 7) is 2.66. The van der Waals surface area contributed by atoms with Gasteiger partial charge in [0.2, 0.25) is 0 Å². The van der Waals surface area contributed by atoms with E-state index in [1.807, 2.05) is 0 Å². The molecule has 1 fully saturated rings. The van der Waals surface area contributed by atoms with E-state index in [1.54, 1.807) is 13.8 Å². The van der Waals surface area contributed by atoms with Crippen LogP contribution in [-0.2, 0) is 4.74 Å². The number of hydrogen-bond acceptors (Lipinski definition) is 6. The molecule has 0 spiro atoms. The molecule has 0 aromatic rings. The van der Waals surface area contributed by atoms with E-state index >= 15 is 0 Å². The van der Waals surface area contributed by atoms with E-state index in [4.69, 9.17) is 9.84 Å². The van der Waals surface area contributed by atoms with Crippen LogP contribution in [-0.4, -0.2) is 62.3 Å². The van der Waals surface area contributed by atoms with Crippen molar-refractivity contribution in [3.63, 3.8) is 0 Å². The highest BCUT2D eigenvalue weighted by Crippen LogP contribution is 2.33. The van der Waals surface area contributed by atoms with Gasteiger partial charge in [-0.25, -0.2) is 0 Å². The molecule has 6 heteroatoms. The number of ether oxygens (including phenoxy) is 1. The lowest BCUT2D eigenvalue weighted by atomic mass is 9.86. The summed E-state index contributed by atoms with van der Waals surface area (Å²) in [4.78, 5) is 0. The predicted molar refractivity (Wildman–Crippen MR) is 49.8 cm³/mol. The van der Waals surface area contributed by atoms with Crippen LogP contribution in [0.15, 0.2) is 0 Å². The van der Waals surface area contributed by atoms with Gasteiger partial charge in [-0.15, -0.1) is 0 Å². The first kappa shape index (κ1) is 12.8. The van der Waals surface area contributed by atoms with Crippen molar-refractivity contribution in [2.75, 3.05) is 6.61 Å². The fraction of sp³-hybridized carbons (Fsp3) is 1.00. The normalized spacial score (nSPS) is 47.2. The summed E-state index contributed by atoms with van der Waals surface area (Å²) in [6.07, 6.45) is -5.65. The van der Waals surface area contributed by atoms with Gasteiger partial charge in [0.25, 0.3) is 0 Å². The van der Waals surface area contributed by atoms with Crippen LogP contribution in [0, 0.1) is 5.92 Å². The first-order valence-corrected chi connectivity index (χ1v) is 4.89. The van der Waals surface area contributed by atoms with Crippen molar-refractivity contribution in [1.29, 1.82) is 0 Å². The Bertz CT molecular complexity index is 219. The molecule has 1 aliphatic heterocycles. The van der Waals surface area contributed by atoms with Crippen LogP contribution >= 0.6 is 0 Å². The van der Waals surface area contributed by atoms with E-state index < -0.39 is 42.7 Å². The molecule has 5 N–H and O–H groups in total. The molecule has 0 aromatic carbocycles. The topological polar surface area (TPSA) is 110 Å². The van der Waals surface area contributed by atoms with Crippen LogP contribution in [0.25, 0.3) is 0 Å². The highest BCUT2D eigenvalue weighted by atomic mass is 16.7. The number of rotatable bonds is 2. The van der Waals surface area contributed by atoms with E-state index in [1.165, 1.54) is 0 Å². The monoisotopic (exact) mass is 222 g/mol. The summed E-state index contributed by atoms with van der Waals surface area (Å²) < 4.78 is 5.03. The molecular weight excluding hydrogens is 204 g/mol. The van der Waals surface area contributed by atoms with Crippen molar-refractivity contribution in [1.82, 2.24) is 0 Å². The van der Waals surface area contributed by atoms with Crippen molar-refractivity contribution in [3.8, 4) is 0 Å². The highest BCUT2D eigenvalue weighted by molar-refractivity contribution is 4.97. The standard InChI is InChI=1S/C9H18O6/c1-4(2)9(14)8(13)7(12)6(11)5(3-10)15-9/h4-8,10-14H,3H2,1-2H3/t5-,6+,7+,8-,9+/m1/s1. The Morgan fingerprint density at radius 2 is 1.73 bits per heavy atom. The summed E-state index contributed by atoms with van der Waals surface area (Å²) in [5.41, 5.74) is 0. The quantitative estimate of drug-likeness (QED) is 0.363. The average Bonchev–Trinajstić information content (AvgIpc) is 2.20. The third-order valence-corrected chi connectivity index (χ3v) is 2.83. The summed E-state index contributed by atoms with van der Waals surface area (Å²) >= 11 is 0. The minimum Gasteiger partial charge on any atom is -0.394 e. The van der Waals surface area contributed by atoms with Crippen LogP contribution in [0.4, 0.5) is 0 Å². The molecule has 1 rings (SSSR count). The van der Waals surface area contributed by atoms with E-state index in [-0.39, 0.29) is 0 Å². The molecule has 6 nitrogen and oxygen atoms in total. The largest absolute Gasteiger partial charge is 0.394 e. The zero-order valence-corrected chi connectivity index (χ0v) is 8.74. The zero-order chi connectivity index (χ0) is 11.8. The van der Waals surface area contributed by atoms with Gasteiger partial charge in [-0.1, -0.05) is 13.8 Å². The smallest absolute Gasteiger partial charge is 0.197 e. The fourth-order valence-electron chi connectivity index (χ4n) is 1.66. The third-order valence-electron chi connectivity index (χ3n) is 2.83. The zero-order valence-electron chi connectivity index (χ0n) is 8.74. The molecular formula is C9H18O6. The maximum Gasteiger partial charge on any atom is 0.197 e. The molecule has 0 amide bonds. The van der Waals surface area contributed by atoms with Gasteiger partial charge in [-0.3, -0.25) is 0 Å². The third kappa shape index (κ3) is 2.01. The first-order valence-electron chi connectivity index (χ1n) is 4.89. The van der Waals surface area contributed by atoms with Gasteiger partial charge in [0.05, 0.1) is 6.61 Å². The second-order valence-corrected chi connectivity index (χ2v) is 4.17. The van der Waals surface area contributed by atoms with Gasteiger partial charge in [0.1, 0.15) is 24.4 Å². The van der Waals surface area contributed by atoms with Crippen LogP contribution < -0.4 is 0 Å². The maximum atomic E-state index is 9.95. The minimum absolute atomic E-state index is 0.483. The average molecular weight is 222 g/mol. The Kier molecular flexibility index (Phi) is 3.70. The molecule has 0 saturated carbocycles. The lowest BCUT2D eigenvalue weighted by Gasteiger charge is -2.47. The second-order valence-electron chi connectivity index (χ2n) is 4.17. The summed E-state index contributed by atoms with van der Waals surface area (Å²) in [5.74, 6) is -2.44. The molecule has 90 valence electrons. The summed E-state index contributed by atoms with van der Waals surface area (Å²) in [7, 11) is 0. The lowest BCUT2D eigenvalue weighted by Crippen LogP contribution is -2.67. The summed E-state index contributed by atoms with van der Waals surface area (Å²) in [6, 6.07) is 0. The van der Waals surface area contributed by atoms with Crippen LogP contribution in [0.1, 0.15) is 13.8 Å². The van der Waals surface area contributed by atoms with Gasteiger partial charge in [-0.05, 0) is 0 Å². The van der Waals surface area contributed by atoms with Gasteiger partial charge >= 0.3 is 0 Å². The molecule has 1 aliphatic rings. The van der Waals surface area contributed by atoms with Crippen LogP contribution in [0.2, 0.25) is 0 Å². The Labute approximate surface area is 87.7 Å². The van der Waals surface area contributed by atoms with E-state index in [2.05, 4.69) is 0 Å². The number of aliphatic hydroxyl groups excluding tert-OH is 4. The molecule has 5 atom stereocenters. The molecule has 15 heavy (non-hydrogen) atoms.